The van der Waals surface area contributed by atoms with Crippen molar-refractivity contribution >= 4 is 10.8 Å². The fourth-order valence-corrected chi connectivity index (χ4v) is 4.77. The Morgan fingerprint density at radius 3 is 2.81 bits per heavy atom. The lowest BCUT2D eigenvalue weighted by molar-refractivity contribution is 0.413. The van der Waals surface area contributed by atoms with Crippen molar-refractivity contribution in [3.63, 3.8) is 0 Å². The molecule has 1 N–H and O–H groups in total. The number of rotatable bonds is 8. The largest absolute Gasteiger partial charge is 0.497 e. The molecule has 0 aliphatic heterocycles. The Hall–Kier alpha value is -0.870. The van der Waals surface area contributed by atoms with Gasteiger partial charge >= 0.3 is 0 Å². The smallest absolute Gasteiger partial charge is 0.119 e. The number of hydrogen-bond donors (Lipinski definition) is 1. The van der Waals surface area contributed by atoms with Gasteiger partial charge in [0.25, 0.3) is 0 Å². The molecular formula is C17H27NO2S. The molecule has 0 saturated carbocycles. The van der Waals surface area contributed by atoms with Gasteiger partial charge in [0.05, 0.1) is 12.4 Å². The third-order valence-corrected chi connectivity index (χ3v) is 6.00. The van der Waals surface area contributed by atoms with E-state index in [2.05, 4.69) is 31.3 Å². The van der Waals surface area contributed by atoms with Gasteiger partial charge in [0.15, 0.2) is 0 Å². The Balaban J connectivity index is 2.14. The van der Waals surface area contributed by atoms with E-state index >= 15 is 0 Å². The molecule has 0 aromatic heterocycles. The van der Waals surface area contributed by atoms with Crippen LogP contribution in [-0.4, -0.2) is 28.9 Å². The van der Waals surface area contributed by atoms with E-state index < -0.39 is 10.8 Å². The molecule has 3 unspecified atom stereocenters. The highest BCUT2D eigenvalue weighted by atomic mass is 32.2. The molecule has 0 saturated heterocycles. The van der Waals surface area contributed by atoms with E-state index in [1.165, 1.54) is 24.0 Å². The predicted octanol–water partition coefficient (Wildman–Crippen LogP) is 3.21. The van der Waals surface area contributed by atoms with Crippen molar-refractivity contribution in [2.24, 2.45) is 0 Å². The number of benzene rings is 1. The summed E-state index contributed by atoms with van der Waals surface area (Å²) < 4.78 is 18.0. The second kappa shape index (κ2) is 7.95. The summed E-state index contributed by atoms with van der Waals surface area (Å²) in [4.78, 5) is 0. The quantitative estimate of drug-likeness (QED) is 0.749. The normalized spacial score (nSPS) is 22.0. The Bertz CT molecular complexity index is 490. The van der Waals surface area contributed by atoms with Crippen LogP contribution in [0.25, 0.3) is 0 Å². The van der Waals surface area contributed by atoms with Crippen molar-refractivity contribution in [2.75, 3.05) is 19.4 Å². The lowest BCUT2D eigenvalue weighted by atomic mass is 10.1. The van der Waals surface area contributed by atoms with E-state index in [1.807, 2.05) is 6.07 Å². The van der Waals surface area contributed by atoms with Gasteiger partial charge in [-0.25, -0.2) is 0 Å². The third kappa shape index (κ3) is 3.86. The zero-order chi connectivity index (χ0) is 15.2. The van der Waals surface area contributed by atoms with E-state index in [-0.39, 0.29) is 11.3 Å². The van der Waals surface area contributed by atoms with Crippen molar-refractivity contribution < 1.29 is 8.95 Å². The van der Waals surface area contributed by atoms with Crippen LogP contribution in [0.2, 0.25) is 0 Å². The van der Waals surface area contributed by atoms with Gasteiger partial charge in [-0.05, 0) is 42.6 Å². The van der Waals surface area contributed by atoms with Crippen LogP contribution >= 0.6 is 0 Å². The minimum Gasteiger partial charge on any atom is -0.497 e. The molecule has 21 heavy (non-hydrogen) atoms. The molecule has 3 nitrogen and oxygen atoms in total. The molecule has 0 bridgehead atoms. The molecule has 0 amide bonds. The van der Waals surface area contributed by atoms with Crippen LogP contribution in [0, 0.1) is 0 Å². The van der Waals surface area contributed by atoms with Gasteiger partial charge in [-0.3, -0.25) is 4.21 Å². The lowest BCUT2D eigenvalue weighted by Gasteiger charge is -2.21. The van der Waals surface area contributed by atoms with Crippen molar-refractivity contribution in [3.8, 4) is 5.75 Å². The van der Waals surface area contributed by atoms with Gasteiger partial charge in [0.1, 0.15) is 5.75 Å². The van der Waals surface area contributed by atoms with Gasteiger partial charge in [-0.15, -0.1) is 0 Å². The predicted molar refractivity (Wildman–Crippen MR) is 89.4 cm³/mol. The van der Waals surface area contributed by atoms with Crippen LogP contribution in [0.4, 0.5) is 0 Å². The summed E-state index contributed by atoms with van der Waals surface area (Å²) in [6, 6.07) is 6.43. The number of methoxy groups -OCH3 is 1. The van der Waals surface area contributed by atoms with Crippen molar-refractivity contribution in [1.82, 2.24) is 5.32 Å². The van der Waals surface area contributed by atoms with E-state index in [0.29, 0.717) is 0 Å². The zero-order valence-corrected chi connectivity index (χ0v) is 14.2. The monoisotopic (exact) mass is 309 g/mol. The van der Waals surface area contributed by atoms with Crippen molar-refractivity contribution in [3.05, 3.63) is 29.3 Å². The topological polar surface area (TPSA) is 38.3 Å². The van der Waals surface area contributed by atoms with E-state index in [4.69, 9.17) is 4.74 Å². The fourth-order valence-electron chi connectivity index (χ4n) is 3.06. The summed E-state index contributed by atoms with van der Waals surface area (Å²) in [6.07, 6.45) is 4.33. The highest BCUT2D eigenvalue weighted by Gasteiger charge is 2.35. The molecular weight excluding hydrogens is 282 g/mol. The molecule has 3 atom stereocenters. The first-order chi connectivity index (χ1) is 10.2. The Labute approximate surface area is 130 Å². The SMILES string of the molecule is CCCCCS(=O)C1Cc2ccc(OC)cc2C1NCC. The van der Waals surface area contributed by atoms with Crippen LogP contribution in [0.1, 0.15) is 50.3 Å². The molecule has 0 spiro atoms. The van der Waals surface area contributed by atoms with Crippen LogP contribution < -0.4 is 10.1 Å². The van der Waals surface area contributed by atoms with Gasteiger partial charge in [-0.2, -0.15) is 0 Å². The first-order valence-corrected chi connectivity index (χ1v) is 9.36. The van der Waals surface area contributed by atoms with Gasteiger partial charge in [0.2, 0.25) is 0 Å². The minimum absolute atomic E-state index is 0.197. The summed E-state index contributed by atoms with van der Waals surface area (Å²) >= 11 is 0. The summed E-state index contributed by atoms with van der Waals surface area (Å²) in [5, 5.41) is 3.72. The number of fused-ring (bicyclic) bond motifs is 1. The Kier molecular flexibility index (Phi) is 6.24. The average Bonchev–Trinajstić information content (AvgIpc) is 2.86. The maximum absolute atomic E-state index is 12.7. The molecule has 1 aromatic rings. The second-order valence-electron chi connectivity index (χ2n) is 5.63. The lowest BCUT2D eigenvalue weighted by Crippen LogP contribution is -2.32. The van der Waals surface area contributed by atoms with Gasteiger partial charge in [-0.1, -0.05) is 32.8 Å². The molecule has 4 heteroatoms. The van der Waals surface area contributed by atoms with E-state index in [9.17, 15) is 4.21 Å². The van der Waals surface area contributed by atoms with Crippen LogP contribution in [0.5, 0.6) is 5.75 Å². The molecule has 0 fully saturated rings. The highest BCUT2D eigenvalue weighted by Crippen LogP contribution is 2.36. The summed E-state index contributed by atoms with van der Waals surface area (Å²) in [5.41, 5.74) is 2.58. The molecule has 118 valence electrons. The van der Waals surface area contributed by atoms with Crippen molar-refractivity contribution in [2.45, 2.75) is 50.8 Å². The maximum atomic E-state index is 12.7. The summed E-state index contributed by atoms with van der Waals surface area (Å²) in [5.74, 6) is 1.71. The number of nitrogens with one attached hydrogen (secondary N) is 1. The zero-order valence-electron chi connectivity index (χ0n) is 13.4. The molecule has 0 heterocycles. The third-order valence-electron chi connectivity index (χ3n) is 4.19. The minimum atomic E-state index is -0.767. The second-order valence-corrected chi connectivity index (χ2v) is 7.41. The molecule has 2 rings (SSSR count). The molecule has 1 aliphatic rings. The summed E-state index contributed by atoms with van der Waals surface area (Å²) in [6.45, 7) is 5.18. The number of unbranched alkanes of at least 4 members (excludes halogenated alkanes) is 2. The standard InChI is InChI=1S/C17H27NO2S/c1-4-6-7-10-21(19)16-11-13-8-9-14(20-3)12-15(13)17(16)18-5-2/h8-9,12,16-18H,4-7,10-11H2,1-3H3. The average molecular weight is 309 g/mol. The molecule has 0 radical (unpaired) electrons. The first kappa shape index (κ1) is 16.5. The van der Waals surface area contributed by atoms with E-state index in [1.54, 1.807) is 7.11 Å². The first-order valence-electron chi connectivity index (χ1n) is 7.98. The number of hydrogen-bond acceptors (Lipinski definition) is 3. The molecule has 1 aliphatic carbocycles. The van der Waals surface area contributed by atoms with Gasteiger partial charge in [0, 0.05) is 22.6 Å². The van der Waals surface area contributed by atoms with Crippen LogP contribution in [0.15, 0.2) is 18.2 Å². The Morgan fingerprint density at radius 1 is 1.33 bits per heavy atom. The molecule has 1 aromatic carbocycles. The summed E-state index contributed by atoms with van der Waals surface area (Å²) in [7, 11) is 0.927. The fraction of sp³-hybridized carbons (Fsp3) is 0.647. The van der Waals surface area contributed by atoms with Gasteiger partial charge < -0.3 is 10.1 Å². The maximum Gasteiger partial charge on any atom is 0.119 e. The Morgan fingerprint density at radius 2 is 2.14 bits per heavy atom. The van der Waals surface area contributed by atoms with Crippen molar-refractivity contribution in [1.29, 1.82) is 0 Å². The highest BCUT2D eigenvalue weighted by molar-refractivity contribution is 7.85. The van der Waals surface area contributed by atoms with E-state index in [0.717, 1.165) is 30.9 Å². The van der Waals surface area contributed by atoms with Crippen LogP contribution in [0.3, 0.4) is 0 Å². The van der Waals surface area contributed by atoms with Crippen LogP contribution in [-0.2, 0) is 17.2 Å². The number of ether oxygens (including phenoxy) is 1.